The molecule has 0 radical (unpaired) electrons. The van der Waals surface area contributed by atoms with Crippen LogP contribution in [0.2, 0.25) is 0 Å². The van der Waals surface area contributed by atoms with Crippen LogP contribution in [0, 0.1) is 11.7 Å². The molecule has 0 fully saturated rings. The zero-order valence-corrected chi connectivity index (χ0v) is 14.2. The van der Waals surface area contributed by atoms with E-state index in [1.807, 2.05) is 6.92 Å². The fraction of sp³-hybridized carbons (Fsp3) is 0.231. The van der Waals surface area contributed by atoms with Gasteiger partial charge in [0.15, 0.2) is 11.5 Å². The Labute approximate surface area is 139 Å². The van der Waals surface area contributed by atoms with Gasteiger partial charge in [0, 0.05) is 0 Å². The first-order valence-corrected chi connectivity index (χ1v) is 7.52. The van der Waals surface area contributed by atoms with Gasteiger partial charge in [-0.3, -0.25) is 9.89 Å². The second-order valence-electron chi connectivity index (χ2n) is 4.26. The van der Waals surface area contributed by atoms with Gasteiger partial charge >= 0.3 is 0 Å². The molecule has 0 saturated carbocycles. The number of nitrogens with zero attached hydrogens (tertiary/aromatic N) is 3. The van der Waals surface area contributed by atoms with Crippen LogP contribution in [0.3, 0.4) is 0 Å². The highest BCUT2D eigenvalue weighted by Crippen LogP contribution is 2.35. The van der Waals surface area contributed by atoms with Crippen molar-refractivity contribution in [2.24, 2.45) is 5.10 Å². The number of aryl methyl sites for hydroxylation is 1. The average Bonchev–Trinajstić information content (AvgIpc) is 2.48. The van der Waals surface area contributed by atoms with E-state index >= 15 is 0 Å². The Hall–Kier alpha value is -2.00. The Morgan fingerprint density at radius 1 is 1.59 bits per heavy atom. The molecule has 0 atom stereocenters. The highest BCUT2D eigenvalue weighted by molar-refractivity contribution is 9.10. The van der Waals surface area contributed by atoms with E-state index < -0.39 is 5.56 Å². The van der Waals surface area contributed by atoms with Crippen molar-refractivity contribution in [3.05, 3.63) is 43.0 Å². The number of rotatable bonds is 4. The molecule has 116 valence electrons. The Kier molecular flexibility index (Phi) is 5.09. The van der Waals surface area contributed by atoms with E-state index in [2.05, 4.69) is 31.2 Å². The SMILES string of the molecule is CCOc1cc(C=Nn2c(=S)[nH]nc(C)c2=O)cc(Br)c1O. The third kappa shape index (κ3) is 3.42. The second kappa shape index (κ2) is 6.84. The molecule has 0 aliphatic heterocycles. The number of nitrogens with one attached hydrogen (secondary N) is 1. The van der Waals surface area contributed by atoms with Crippen LogP contribution >= 0.6 is 28.1 Å². The van der Waals surface area contributed by atoms with Crippen LogP contribution in [0.1, 0.15) is 18.2 Å². The summed E-state index contributed by atoms with van der Waals surface area (Å²) in [6.07, 6.45) is 1.44. The quantitative estimate of drug-likeness (QED) is 0.623. The minimum Gasteiger partial charge on any atom is -0.503 e. The van der Waals surface area contributed by atoms with E-state index in [0.717, 1.165) is 4.68 Å². The summed E-state index contributed by atoms with van der Waals surface area (Å²) in [5.74, 6) is 0.329. The lowest BCUT2D eigenvalue weighted by Gasteiger charge is -2.08. The van der Waals surface area contributed by atoms with Gasteiger partial charge in [-0.15, -0.1) is 0 Å². The van der Waals surface area contributed by atoms with Gasteiger partial charge in [-0.05, 0) is 59.7 Å². The first-order chi connectivity index (χ1) is 10.4. The molecule has 0 unspecified atom stereocenters. The Bertz CT molecular complexity index is 844. The summed E-state index contributed by atoms with van der Waals surface area (Å²) in [4.78, 5) is 11.9. The largest absolute Gasteiger partial charge is 0.503 e. The van der Waals surface area contributed by atoms with Crippen molar-refractivity contribution in [3.63, 3.8) is 0 Å². The third-order valence-electron chi connectivity index (χ3n) is 2.69. The van der Waals surface area contributed by atoms with Gasteiger partial charge in [0.25, 0.3) is 5.56 Å². The Balaban J connectivity index is 2.45. The number of ether oxygens (including phenoxy) is 1. The van der Waals surface area contributed by atoms with Crippen LogP contribution in [-0.2, 0) is 0 Å². The molecule has 0 aliphatic carbocycles. The number of phenols is 1. The topological polar surface area (TPSA) is 92.5 Å². The normalized spacial score (nSPS) is 11.0. The fourth-order valence-electron chi connectivity index (χ4n) is 1.64. The van der Waals surface area contributed by atoms with Crippen molar-refractivity contribution in [1.29, 1.82) is 0 Å². The summed E-state index contributed by atoms with van der Waals surface area (Å²) < 4.78 is 6.92. The van der Waals surface area contributed by atoms with Gasteiger partial charge in [0.1, 0.15) is 5.69 Å². The molecule has 2 rings (SSSR count). The molecular formula is C13H13BrN4O3S. The fourth-order valence-corrected chi connectivity index (χ4v) is 2.27. The van der Waals surface area contributed by atoms with Crippen LogP contribution in [0.4, 0.5) is 0 Å². The van der Waals surface area contributed by atoms with Crippen molar-refractivity contribution in [3.8, 4) is 11.5 Å². The lowest BCUT2D eigenvalue weighted by atomic mass is 10.2. The molecule has 7 nitrogen and oxygen atoms in total. The van der Waals surface area contributed by atoms with Crippen LogP contribution < -0.4 is 10.3 Å². The second-order valence-corrected chi connectivity index (χ2v) is 5.50. The Morgan fingerprint density at radius 2 is 2.32 bits per heavy atom. The van der Waals surface area contributed by atoms with Gasteiger partial charge in [0.2, 0.25) is 4.77 Å². The van der Waals surface area contributed by atoms with Crippen LogP contribution in [-0.4, -0.2) is 32.8 Å². The standard InChI is InChI=1S/C13H13BrN4O3S/c1-3-21-10-5-8(4-9(14)11(10)19)6-15-18-12(20)7(2)16-17-13(18)22/h4-6,19H,3H2,1-2H3,(H,17,22). The van der Waals surface area contributed by atoms with Crippen molar-refractivity contribution < 1.29 is 9.84 Å². The zero-order valence-electron chi connectivity index (χ0n) is 11.8. The maximum Gasteiger partial charge on any atom is 0.296 e. The monoisotopic (exact) mass is 384 g/mol. The molecule has 0 bridgehead atoms. The summed E-state index contributed by atoms with van der Waals surface area (Å²) in [6.45, 7) is 3.78. The number of aromatic amines is 1. The molecule has 2 aromatic rings. The predicted octanol–water partition coefficient (Wildman–Crippen LogP) is 2.36. The van der Waals surface area contributed by atoms with E-state index in [9.17, 15) is 9.90 Å². The molecule has 0 amide bonds. The molecular weight excluding hydrogens is 372 g/mol. The third-order valence-corrected chi connectivity index (χ3v) is 3.56. The number of hydrogen-bond donors (Lipinski definition) is 2. The molecule has 22 heavy (non-hydrogen) atoms. The maximum absolute atomic E-state index is 11.9. The average molecular weight is 385 g/mol. The predicted molar refractivity (Wildman–Crippen MR) is 88.4 cm³/mol. The van der Waals surface area contributed by atoms with E-state index in [1.165, 1.54) is 6.21 Å². The van der Waals surface area contributed by atoms with Crippen molar-refractivity contribution in [1.82, 2.24) is 14.9 Å². The highest BCUT2D eigenvalue weighted by atomic mass is 79.9. The lowest BCUT2D eigenvalue weighted by Crippen LogP contribution is -2.22. The van der Waals surface area contributed by atoms with Crippen molar-refractivity contribution in [2.45, 2.75) is 13.8 Å². The smallest absolute Gasteiger partial charge is 0.296 e. The number of halogens is 1. The van der Waals surface area contributed by atoms with E-state index in [1.54, 1.807) is 19.1 Å². The number of H-pyrrole nitrogens is 1. The Morgan fingerprint density at radius 3 is 3.00 bits per heavy atom. The van der Waals surface area contributed by atoms with Gasteiger partial charge in [-0.2, -0.15) is 14.9 Å². The minimum atomic E-state index is -0.400. The van der Waals surface area contributed by atoms with Crippen molar-refractivity contribution >= 4 is 34.4 Å². The molecule has 2 N–H and O–H groups in total. The van der Waals surface area contributed by atoms with Gasteiger partial charge in [-0.25, -0.2) is 0 Å². The summed E-state index contributed by atoms with van der Waals surface area (Å²) in [5.41, 5.74) is 0.486. The van der Waals surface area contributed by atoms with Crippen LogP contribution in [0.25, 0.3) is 0 Å². The number of hydrogen-bond acceptors (Lipinski definition) is 6. The van der Waals surface area contributed by atoms with E-state index in [-0.39, 0.29) is 16.2 Å². The number of benzene rings is 1. The lowest BCUT2D eigenvalue weighted by molar-refractivity contribution is 0.317. The number of aromatic nitrogens is 3. The van der Waals surface area contributed by atoms with Gasteiger partial charge in [0.05, 0.1) is 17.3 Å². The van der Waals surface area contributed by atoms with E-state index in [0.29, 0.717) is 22.4 Å². The molecule has 1 heterocycles. The van der Waals surface area contributed by atoms with Crippen LogP contribution in [0.5, 0.6) is 11.5 Å². The van der Waals surface area contributed by atoms with Gasteiger partial charge < -0.3 is 9.84 Å². The number of aromatic hydroxyl groups is 1. The molecule has 1 aromatic heterocycles. The molecule has 1 aromatic carbocycles. The molecule has 0 saturated heterocycles. The maximum atomic E-state index is 11.9. The van der Waals surface area contributed by atoms with Crippen LogP contribution in [0.15, 0.2) is 26.5 Å². The van der Waals surface area contributed by atoms with E-state index in [4.69, 9.17) is 17.0 Å². The first kappa shape index (κ1) is 16.4. The molecule has 0 aliphatic rings. The molecule has 0 spiro atoms. The first-order valence-electron chi connectivity index (χ1n) is 6.32. The zero-order chi connectivity index (χ0) is 16.3. The minimum absolute atomic E-state index is 0.00761. The summed E-state index contributed by atoms with van der Waals surface area (Å²) in [6, 6.07) is 3.26. The molecule has 9 heteroatoms. The van der Waals surface area contributed by atoms with Crippen molar-refractivity contribution in [2.75, 3.05) is 6.61 Å². The summed E-state index contributed by atoms with van der Waals surface area (Å²) in [7, 11) is 0. The summed E-state index contributed by atoms with van der Waals surface area (Å²) >= 11 is 8.22. The van der Waals surface area contributed by atoms with Gasteiger partial charge in [-0.1, -0.05) is 0 Å². The highest BCUT2D eigenvalue weighted by Gasteiger charge is 2.08. The summed E-state index contributed by atoms with van der Waals surface area (Å²) in [5, 5.41) is 20.2. The number of phenolic OH excluding ortho intramolecular Hbond substituents is 1.